The molecule has 0 saturated heterocycles. The highest BCUT2D eigenvalue weighted by molar-refractivity contribution is 6.60. The average molecular weight is 264 g/mol. The second-order valence-corrected chi connectivity index (χ2v) is 7.75. The summed E-state index contributed by atoms with van der Waals surface area (Å²) in [5.41, 5.74) is 10.7. The SMILES string of the molecule is CO[Si](CCCN)(OCCCN)OC(C)(C)C. The maximum atomic E-state index is 6.02. The van der Waals surface area contributed by atoms with E-state index in [4.69, 9.17) is 24.7 Å². The van der Waals surface area contributed by atoms with Gasteiger partial charge in [-0.15, -0.1) is 0 Å². The fourth-order valence-electron chi connectivity index (χ4n) is 1.45. The van der Waals surface area contributed by atoms with Crippen molar-refractivity contribution in [3.05, 3.63) is 0 Å². The first-order valence-corrected chi connectivity index (χ1v) is 8.12. The van der Waals surface area contributed by atoms with E-state index in [-0.39, 0.29) is 5.60 Å². The maximum absolute atomic E-state index is 6.02. The summed E-state index contributed by atoms with van der Waals surface area (Å²) in [5, 5.41) is 0. The predicted molar refractivity (Wildman–Crippen MR) is 71.7 cm³/mol. The smallest absolute Gasteiger partial charge is 0.377 e. The molecule has 0 bridgehead atoms. The molecular formula is C11H28N2O3Si. The highest BCUT2D eigenvalue weighted by Crippen LogP contribution is 2.23. The van der Waals surface area contributed by atoms with E-state index >= 15 is 0 Å². The van der Waals surface area contributed by atoms with E-state index in [1.54, 1.807) is 7.11 Å². The van der Waals surface area contributed by atoms with Crippen LogP contribution in [0.2, 0.25) is 6.04 Å². The fraction of sp³-hybridized carbons (Fsp3) is 1.00. The molecule has 0 radical (unpaired) electrons. The molecule has 0 saturated carbocycles. The molecule has 1 unspecified atom stereocenters. The molecule has 5 nitrogen and oxygen atoms in total. The Labute approximate surface area is 106 Å². The van der Waals surface area contributed by atoms with E-state index in [0.29, 0.717) is 19.7 Å². The minimum absolute atomic E-state index is 0.278. The van der Waals surface area contributed by atoms with E-state index in [2.05, 4.69) is 0 Å². The van der Waals surface area contributed by atoms with Crippen molar-refractivity contribution in [2.24, 2.45) is 11.5 Å². The second-order valence-electron chi connectivity index (χ2n) is 4.98. The molecule has 4 N–H and O–H groups in total. The first kappa shape index (κ1) is 17.0. The van der Waals surface area contributed by atoms with Crippen LogP contribution in [-0.4, -0.2) is 41.2 Å². The molecule has 0 aromatic heterocycles. The van der Waals surface area contributed by atoms with Crippen molar-refractivity contribution in [2.75, 3.05) is 26.8 Å². The van der Waals surface area contributed by atoms with Crippen LogP contribution in [0.1, 0.15) is 33.6 Å². The Bertz CT molecular complexity index is 200. The van der Waals surface area contributed by atoms with E-state index in [1.807, 2.05) is 20.8 Å². The topological polar surface area (TPSA) is 79.7 Å². The standard InChI is InChI=1S/C11H28N2O3Si/c1-11(2,3)16-17(14-4,10-6-8-13)15-9-5-7-12/h5-10,12-13H2,1-4H3. The van der Waals surface area contributed by atoms with Crippen LogP contribution in [-0.2, 0) is 13.3 Å². The zero-order chi connectivity index (χ0) is 13.4. The van der Waals surface area contributed by atoms with Crippen LogP contribution < -0.4 is 11.5 Å². The van der Waals surface area contributed by atoms with Gasteiger partial charge in [0.2, 0.25) is 0 Å². The molecule has 104 valence electrons. The third-order valence-electron chi connectivity index (χ3n) is 2.13. The molecule has 0 spiro atoms. The summed E-state index contributed by atoms with van der Waals surface area (Å²) in [5.74, 6) is 0. The molecule has 0 aliphatic carbocycles. The summed E-state index contributed by atoms with van der Waals surface area (Å²) in [6, 6.07) is 0.752. The lowest BCUT2D eigenvalue weighted by Crippen LogP contribution is -2.50. The molecule has 0 heterocycles. The van der Waals surface area contributed by atoms with Crippen LogP contribution >= 0.6 is 0 Å². The molecule has 0 aromatic carbocycles. The number of hydrogen-bond donors (Lipinski definition) is 2. The van der Waals surface area contributed by atoms with Gasteiger partial charge in [0.25, 0.3) is 0 Å². The zero-order valence-electron chi connectivity index (χ0n) is 11.6. The van der Waals surface area contributed by atoms with Gasteiger partial charge in [0.05, 0.1) is 5.60 Å². The van der Waals surface area contributed by atoms with E-state index < -0.39 is 8.80 Å². The van der Waals surface area contributed by atoms with Crippen molar-refractivity contribution >= 4 is 8.80 Å². The Morgan fingerprint density at radius 1 is 1.06 bits per heavy atom. The van der Waals surface area contributed by atoms with Crippen molar-refractivity contribution in [1.82, 2.24) is 0 Å². The normalized spacial score (nSPS) is 15.9. The van der Waals surface area contributed by atoms with Crippen molar-refractivity contribution < 1.29 is 13.3 Å². The number of hydrogen-bond acceptors (Lipinski definition) is 5. The summed E-state index contributed by atoms with van der Waals surface area (Å²) in [4.78, 5) is 0. The van der Waals surface area contributed by atoms with Crippen molar-refractivity contribution in [2.45, 2.75) is 45.3 Å². The van der Waals surface area contributed by atoms with Crippen LogP contribution in [0, 0.1) is 0 Å². The monoisotopic (exact) mass is 264 g/mol. The predicted octanol–water partition coefficient (Wildman–Crippen LogP) is 1.10. The summed E-state index contributed by atoms with van der Waals surface area (Å²) in [6.45, 7) is 7.82. The molecular weight excluding hydrogens is 236 g/mol. The van der Waals surface area contributed by atoms with Gasteiger partial charge in [-0.05, 0) is 46.7 Å². The molecule has 0 amide bonds. The summed E-state index contributed by atoms with van der Waals surface area (Å²) >= 11 is 0. The fourth-order valence-corrected chi connectivity index (χ4v) is 4.19. The first-order valence-electron chi connectivity index (χ1n) is 6.18. The van der Waals surface area contributed by atoms with Crippen molar-refractivity contribution in [3.8, 4) is 0 Å². The van der Waals surface area contributed by atoms with Crippen molar-refractivity contribution in [1.29, 1.82) is 0 Å². The zero-order valence-corrected chi connectivity index (χ0v) is 12.6. The highest BCUT2D eigenvalue weighted by Gasteiger charge is 2.42. The number of nitrogens with two attached hydrogens (primary N) is 2. The first-order chi connectivity index (χ1) is 7.89. The molecule has 0 rings (SSSR count). The van der Waals surface area contributed by atoms with Gasteiger partial charge < -0.3 is 24.7 Å². The van der Waals surface area contributed by atoms with E-state index in [1.165, 1.54) is 0 Å². The van der Waals surface area contributed by atoms with Crippen LogP contribution in [0.25, 0.3) is 0 Å². The lowest BCUT2D eigenvalue weighted by Gasteiger charge is -2.34. The van der Waals surface area contributed by atoms with Gasteiger partial charge in [-0.3, -0.25) is 0 Å². The number of rotatable bonds is 9. The Morgan fingerprint density at radius 2 is 1.65 bits per heavy atom. The molecule has 0 aliphatic heterocycles. The highest BCUT2D eigenvalue weighted by atomic mass is 28.4. The molecule has 0 fully saturated rings. The Morgan fingerprint density at radius 3 is 2.06 bits per heavy atom. The van der Waals surface area contributed by atoms with Crippen LogP contribution in [0.3, 0.4) is 0 Å². The van der Waals surface area contributed by atoms with Gasteiger partial charge in [-0.1, -0.05) is 0 Å². The quantitative estimate of drug-likeness (QED) is 0.481. The maximum Gasteiger partial charge on any atom is 0.501 e. The Kier molecular flexibility index (Phi) is 8.19. The second kappa shape index (κ2) is 8.18. The minimum atomic E-state index is -2.60. The lowest BCUT2D eigenvalue weighted by atomic mass is 10.2. The lowest BCUT2D eigenvalue weighted by molar-refractivity contribution is 0.00525. The molecule has 17 heavy (non-hydrogen) atoms. The largest absolute Gasteiger partial charge is 0.501 e. The van der Waals surface area contributed by atoms with Gasteiger partial charge in [0.15, 0.2) is 0 Å². The van der Waals surface area contributed by atoms with Gasteiger partial charge in [-0.25, -0.2) is 0 Å². The third kappa shape index (κ3) is 7.85. The molecule has 0 aromatic rings. The van der Waals surface area contributed by atoms with Gasteiger partial charge in [-0.2, -0.15) is 0 Å². The average Bonchev–Trinajstić information content (AvgIpc) is 2.24. The van der Waals surface area contributed by atoms with Crippen LogP contribution in [0.5, 0.6) is 0 Å². The summed E-state index contributed by atoms with van der Waals surface area (Å²) in [7, 11) is -0.949. The van der Waals surface area contributed by atoms with Gasteiger partial charge in [0.1, 0.15) is 0 Å². The van der Waals surface area contributed by atoms with Crippen LogP contribution in [0.4, 0.5) is 0 Å². The molecule has 1 atom stereocenters. The van der Waals surface area contributed by atoms with E-state index in [0.717, 1.165) is 18.9 Å². The summed E-state index contributed by atoms with van der Waals surface area (Å²) < 4.78 is 17.4. The van der Waals surface area contributed by atoms with Crippen LogP contribution in [0.15, 0.2) is 0 Å². The van der Waals surface area contributed by atoms with Gasteiger partial charge in [0, 0.05) is 19.8 Å². The Hall–Kier alpha value is 0.0169. The molecule has 6 heteroatoms. The molecule has 0 aliphatic rings. The summed E-state index contributed by atoms with van der Waals surface area (Å²) in [6.07, 6.45) is 1.66. The Balaban J connectivity index is 4.50. The van der Waals surface area contributed by atoms with E-state index in [9.17, 15) is 0 Å². The van der Waals surface area contributed by atoms with Gasteiger partial charge >= 0.3 is 8.80 Å². The van der Waals surface area contributed by atoms with Crippen molar-refractivity contribution in [3.63, 3.8) is 0 Å². The third-order valence-corrected chi connectivity index (χ3v) is 5.29. The minimum Gasteiger partial charge on any atom is -0.377 e.